The Bertz CT molecular complexity index is 518. The first-order chi connectivity index (χ1) is 10.2. The Morgan fingerprint density at radius 2 is 2.43 bits per heavy atom. The average molecular weight is 287 g/mol. The number of amides is 1. The van der Waals surface area contributed by atoms with Gasteiger partial charge in [-0.05, 0) is 44.0 Å². The number of carbonyl (C=O) groups is 1. The number of carbonyl (C=O) groups excluding carboxylic acids is 1. The molecular formula is C16H21N3O2. The van der Waals surface area contributed by atoms with Crippen LogP contribution in [0.5, 0.6) is 0 Å². The van der Waals surface area contributed by atoms with E-state index in [-0.39, 0.29) is 5.91 Å². The van der Waals surface area contributed by atoms with Gasteiger partial charge in [-0.15, -0.1) is 0 Å². The molecule has 1 aliphatic rings. The Morgan fingerprint density at radius 1 is 1.57 bits per heavy atom. The second-order valence-corrected chi connectivity index (χ2v) is 5.52. The highest BCUT2D eigenvalue weighted by Crippen LogP contribution is 2.14. The molecular weight excluding hydrogens is 266 g/mol. The molecule has 5 heteroatoms. The van der Waals surface area contributed by atoms with Crippen molar-refractivity contribution in [2.75, 3.05) is 38.7 Å². The smallest absolute Gasteiger partial charge is 0.238 e. The maximum atomic E-state index is 12.0. The van der Waals surface area contributed by atoms with E-state index in [1.807, 2.05) is 11.9 Å². The molecule has 1 atom stereocenters. The Labute approximate surface area is 125 Å². The van der Waals surface area contributed by atoms with E-state index < -0.39 is 0 Å². The van der Waals surface area contributed by atoms with E-state index in [0.717, 1.165) is 32.6 Å². The number of ether oxygens (including phenoxy) is 1. The second-order valence-electron chi connectivity index (χ2n) is 5.52. The zero-order valence-electron chi connectivity index (χ0n) is 12.3. The van der Waals surface area contributed by atoms with E-state index in [4.69, 9.17) is 10.00 Å². The molecule has 5 nitrogen and oxygen atoms in total. The van der Waals surface area contributed by atoms with Crippen LogP contribution in [0.1, 0.15) is 18.4 Å². The Balaban J connectivity index is 1.79. The number of anilines is 1. The highest BCUT2D eigenvalue weighted by atomic mass is 16.5. The molecule has 1 fully saturated rings. The summed E-state index contributed by atoms with van der Waals surface area (Å²) in [7, 11) is 1.94. The molecule has 1 aromatic carbocycles. The molecule has 2 rings (SSSR count). The van der Waals surface area contributed by atoms with Crippen LogP contribution in [0.25, 0.3) is 0 Å². The van der Waals surface area contributed by atoms with E-state index in [0.29, 0.717) is 23.7 Å². The largest absolute Gasteiger partial charge is 0.381 e. The Morgan fingerprint density at radius 3 is 3.14 bits per heavy atom. The van der Waals surface area contributed by atoms with Gasteiger partial charge in [-0.2, -0.15) is 5.26 Å². The molecule has 1 saturated heterocycles. The lowest BCUT2D eigenvalue weighted by molar-refractivity contribution is -0.117. The summed E-state index contributed by atoms with van der Waals surface area (Å²) in [6.07, 6.45) is 2.27. The van der Waals surface area contributed by atoms with Gasteiger partial charge in [0.1, 0.15) is 0 Å². The zero-order chi connectivity index (χ0) is 15.1. The molecule has 0 aromatic heterocycles. The molecule has 1 amide bonds. The molecule has 1 heterocycles. The first kappa shape index (κ1) is 15.5. The number of nitriles is 1. The van der Waals surface area contributed by atoms with Gasteiger partial charge in [0.15, 0.2) is 0 Å². The molecule has 1 aromatic rings. The molecule has 0 radical (unpaired) electrons. The highest BCUT2D eigenvalue weighted by Gasteiger charge is 2.17. The number of nitrogens with one attached hydrogen (secondary N) is 1. The molecule has 0 saturated carbocycles. The molecule has 0 spiro atoms. The molecule has 112 valence electrons. The number of nitrogens with zero attached hydrogens (tertiary/aromatic N) is 2. The Kier molecular flexibility index (Phi) is 5.73. The number of hydrogen-bond donors (Lipinski definition) is 1. The lowest BCUT2D eigenvalue weighted by atomic mass is 10.0. The molecule has 1 N–H and O–H groups in total. The second kappa shape index (κ2) is 7.77. The van der Waals surface area contributed by atoms with Crippen LogP contribution in [0.4, 0.5) is 5.69 Å². The minimum absolute atomic E-state index is 0.0654. The number of benzene rings is 1. The van der Waals surface area contributed by atoms with Crippen LogP contribution < -0.4 is 5.32 Å². The van der Waals surface area contributed by atoms with Crippen molar-refractivity contribution in [2.45, 2.75) is 12.8 Å². The molecule has 0 bridgehead atoms. The van der Waals surface area contributed by atoms with Gasteiger partial charge in [0.05, 0.1) is 24.8 Å². The molecule has 1 unspecified atom stereocenters. The van der Waals surface area contributed by atoms with Crippen molar-refractivity contribution in [3.63, 3.8) is 0 Å². The first-order valence-corrected chi connectivity index (χ1v) is 7.23. The summed E-state index contributed by atoms with van der Waals surface area (Å²) in [5, 5.41) is 11.7. The van der Waals surface area contributed by atoms with Crippen molar-refractivity contribution < 1.29 is 9.53 Å². The van der Waals surface area contributed by atoms with Gasteiger partial charge in [-0.3, -0.25) is 9.69 Å². The number of hydrogen-bond acceptors (Lipinski definition) is 4. The molecule has 21 heavy (non-hydrogen) atoms. The summed E-state index contributed by atoms with van der Waals surface area (Å²) in [6, 6.07) is 8.99. The maximum absolute atomic E-state index is 12.0. The van der Waals surface area contributed by atoms with Gasteiger partial charge in [0.2, 0.25) is 5.91 Å². The minimum Gasteiger partial charge on any atom is -0.381 e. The van der Waals surface area contributed by atoms with E-state index in [1.165, 1.54) is 0 Å². The van der Waals surface area contributed by atoms with E-state index in [2.05, 4.69) is 11.4 Å². The van der Waals surface area contributed by atoms with Gasteiger partial charge >= 0.3 is 0 Å². The maximum Gasteiger partial charge on any atom is 0.238 e. The van der Waals surface area contributed by atoms with Crippen LogP contribution in [0.2, 0.25) is 0 Å². The monoisotopic (exact) mass is 287 g/mol. The van der Waals surface area contributed by atoms with Crippen molar-refractivity contribution in [1.29, 1.82) is 5.26 Å². The summed E-state index contributed by atoms with van der Waals surface area (Å²) >= 11 is 0. The quantitative estimate of drug-likeness (QED) is 0.897. The fourth-order valence-corrected chi connectivity index (χ4v) is 2.57. The third kappa shape index (κ3) is 5.18. The van der Waals surface area contributed by atoms with Gasteiger partial charge in [-0.25, -0.2) is 0 Å². The number of rotatable bonds is 5. The van der Waals surface area contributed by atoms with Crippen molar-refractivity contribution in [2.24, 2.45) is 5.92 Å². The van der Waals surface area contributed by atoms with E-state index >= 15 is 0 Å². The van der Waals surface area contributed by atoms with Crippen molar-refractivity contribution in [3.05, 3.63) is 29.8 Å². The van der Waals surface area contributed by atoms with E-state index in [1.54, 1.807) is 24.3 Å². The van der Waals surface area contributed by atoms with Crippen LogP contribution in [-0.4, -0.2) is 44.2 Å². The van der Waals surface area contributed by atoms with Crippen LogP contribution in [0.3, 0.4) is 0 Å². The first-order valence-electron chi connectivity index (χ1n) is 7.23. The van der Waals surface area contributed by atoms with Gasteiger partial charge in [-0.1, -0.05) is 6.07 Å². The Hall–Kier alpha value is -1.90. The predicted octanol–water partition coefficient (Wildman–Crippen LogP) is 1.86. The van der Waals surface area contributed by atoms with Crippen molar-refractivity contribution in [3.8, 4) is 6.07 Å². The van der Waals surface area contributed by atoms with Crippen LogP contribution in [-0.2, 0) is 9.53 Å². The van der Waals surface area contributed by atoms with Gasteiger partial charge < -0.3 is 10.1 Å². The highest BCUT2D eigenvalue weighted by molar-refractivity contribution is 5.92. The summed E-state index contributed by atoms with van der Waals surface area (Å²) in [6.45, 7) is 2.85. The fourth-order valence-electron chi connectivity index (χ4n) is 2.57. The summed E-state index contributed by atoms with van der Waals surface area (Å²) in [5.74, 6) is 0.447. The minimum atomic E-state index is -0.0654. The van der Waals surface area contributed by atoms with Crippen LogP contribution >= 0.6 is 0 Å². The topological polar surface area (TPSA) is 65.4 Å². The summed E-state index contributed by atoms with van der Waals surface area (Å²) < 4.78 is 5.45. The normalized spacial score (nSPS) is 18.2. The standard InChI is InChI=1S/C16H21N3O2/c1-19(10-14-5-3-7-21-12-14)11-16(20)18-15-6-2-4-13(8-15)9-17/h2,4,6,8,14H,3,5,7,10-12H2,1H3,(H,18,20). The van der Waals surface area contributed by atoms with E-state index in [9.17, 15) is 4.79 Å². The fraction of sp³-hybridized carbons (Fsp3) is 0.500. The van der Waals surface area contributed by atoms with Crippen LogP contribution in [0, 0.1) is 17.2 Å². The lowest BCUT2D eigenvalue weighted by Crippen LogP contribution is -2.36. The third-order valence-electron chi connectivity index (χ3n) is 3.51. The third-order valence-corrected chi connectivity index (χ3v) is 3.51. The van der Waals surface area contributed by atoms with Gasteiger partial charge in [0, 0.05) is 18.8 Å². The van der Waals surface area contributed by atoms with Crippen LogP contribution in [0.15, 0.2) is 24.3 Å². The van der Waals surface area contributed by atoms with Crippen molar-refractivity contribution in [1.82, 2.24) is 4.90 Å². The molecule has 0 aliphatic carbocycles. The molecule has 1 aliphatic heterocycles. The zero-order valence-corrected chi connectivity index (χ0v) is 12.3. The lowest BCUT2D eigenvalue weighted by Gasteiger charge is -2.26. The number of likely N-dealkylation sites (N-methyl/N-ethyl adjacent to an activating group) is 1. The van der Waals surface area contributed by atoms with Crippen molar-refractivity contribution >= 4 is 11.6 Å². The average Bonchev–Trinajstić information content (AvgIpc) is 2.48. The SMILES string of the molecule is CN(CC(=O)Nc1cccc(C#N)c1)CC1CCCOC1. The van der Waals surface area contributed by atoms with Gasteiger partial charge in [0.25, 0.3) is 0 Å². The summed E-state index contributed by atoms with van der Waals surface area (Å²) in [4.78, 5) is 14.0. The summed E-state index contributed by atoms with van der Waals surface area (Å²) in [5.41, 5.74) is 1.20. The predicted molar refractivity (Wildman–Crippen MR) is 80.8 cm³/mol.